The highest BCUT2D eigenvalue weighted by Crippen LogP contribution is 2.30. The summed E-state index contributed by atoms with van der Waals surface area (Å²) in [5.41, 5.74) is -1.01. The standard InChI is InChI=1S/C12H20N2O3/c1-9-5-4-8-14(9)11(17)13-12(10(15)16)6-2-3-7-12/h9H,2-8H2,1H3,(H,13,17)(H,15,16). The summed E-state index contributed by atoms with van der Waals surface area (Å²) < 4.78 is 0. The molecule has 17 heavy (non-hydrogen) atoms. The van der Waals surface area contributed by atoms with E-state index in [1.807, 2.05) is 6.92 Å². The summed E-state index contributed by atoms with van der Waals surface area (Å²) in [4.78, 5) is 25.1. The van der Waals surface area contributed by atoms with Crippen LogP contribution in [0.5, 0.6) is 0 Å². The van der Waals surface area contributed by atoms with Crippen molar-refractivity contribution in [3.05, 3.63) is 0 Å². The van der Waals surface area contributed by atoms with Gasteiger partial charge >= 0.3 is 12.0 Å². The maximum absolute atomic E-state index is 12.1. The third kappa shape index (κ3) is 2.23. The predicted octanol–water partition coefficient (Wildman–Crippen LogP) is 1.58. The SMILES string of the molecule is CC1CCCN1C(=O)NC1(C(=O)O)CCCC1. The van der Waals surface area contributed by atoms with E-state index in [1.165, 1.54) is 0 Å². The normalized spacial score (nSPS) is 27.1. The van der Waals surface area contributed by atoms with Crippen molar-refractivity contribution in [2.75, 3.05) is 6.54 Å². The lowest BCUT2D eigenvalue weighted by atomic mass is 9.98. The van der Waals surface area contributed by atoms with Gasteiger partial charge in [-0.25, -0.2) is 9.59 Å². The van der Waals surface area contributed by atoms with Crippen LogP contribution in [-0.2, 0) is 4.79 Å². The molecule has 2 aliphatic rings. The van der Waals surface area contributed by atoms with Crippen LogP contribution in [0.1, 0.15) is 45.4 Å². The second-order valence-corrected chi connectivity index (χ2v) is 5.21. The van der Waals surface area contributed by atoms with Crippen LogP contribution in [0.2, 0.25) is 0 Å². The number of hydrogen-bond acceptors (Lipinski definition) is 2. The molecule has 5 heteroatoms. The number of hydrogen-bond donors (Lipinski definition) is 2. The second kappa shape index (κ2) is 4.55. The fourth-order valence-corrected chi connectivity index (χ4v) is 2.88. The quantitative estimate of drug-likeness (QED) is 0.770. The molecule has 2 amide bonds. The van der Waals surface area contributed by atoms with E-state index in [1.54, 1.807) is 4.90 Å². The van der Waals surface area contributed by atoms with Crippen molar-refractivity contribution >= 4 is 12.0 Å². The highest BCUT2D eigenvalue weighted by molar-refractivity contribution is 5.86. The van der Waals surface area contributed by atoms with E-state index in [9.17, 15) is 14.7 Å². The molecule has 1 saturated heterocycles. The number of amides is 2. The van der Waals surface area contributed by atoms with Gasteiger partial charge in [0.1, 0.15) is 5.54 Å². The Morgan fingerprint density at radius 3 is 2.41 bits per heavy atom. The Morgan fingerprint density at radius 2 is 1.94 bits per heavy atom. The van der Waals surface area contributed by atoms with Gasteiger partial charge in [-0.05, 0) is 32.6 Å². The fourth-order valence-electron chi connectivity index (χ4n) is 2.88. The van der Waals surface area contributed by atoms with E-state index in [0.717, 1.165) is 32.2 Å². The zero-order chi connectivity index (χ0) is 12.5. The molecule has 0 aromatic rings. The third-order valence-corrected chi connectivity index (χ3v) is 4.03. The molecule has 96 valence electrons. The number of urea groups is 1. The number of rotatable bonds is 2. The number of carbonyl (C=O) groups excluding carboxylic acids is 1. The first-order valence-electron chi connectivity index (χ1n) is 6.37. The maximum Gasteiger partial charge on any atom is 0.329 e. The summed E-state index contributed by atoms with van der Waals surface area (Å²) in [5, 5.41) is 12.0. The van der Waals surface area contributed by atoms with Gasteiger partial charge < -0.3 is 15.3 Å². The van der Waals surface area contributed by atoms with Gasteiger partial charge in [0.25, 0.3) is 0 Å². The van der Waals surface area contributed by atoms with E-state index < -0.39 is 11.5 Å². The van der Waals surface area contributed by atoms with Gasteiger partial charge in [-0.1, -0.05) is 12.8 Å². The van der Waals surface area contributed by atoms with Crippen molar-refractivity contribution in [3.8, 4) is 0 Å². The Balaban J connectivity index is 2.03. The highest BCUT2D eigenvalue weighted by atomic mass is 16.4. The van der Waals surface area contributed by atoms with E-state index in [-0.39, 0.29) is 12.1 Å². The largest absolute Gasteiger partial charge is 0.480 e. The average Bonchev–Trinajstić information content (AvgIpc) is 2.87. The number of nitrogens with zero attached hydrogens (tertiary/aromatic N) is 1. The van der Waals surface area contributed by atoms with Crippen LogP contribution in [0.25, 0.3) is 0 Å². The first-order valence-corrected chi connectivity index (χ1v) is 6.37. The van der Waals surface area contributed by atoms with Gasteiger partial charge in [0.2, 0.25) is 0 Å². The van der Waals surface area contributed by atoms with Crippen molar-refractivity contribution in [1.82, 2.24) is 10.2 Å². The molecule has 1 aliphatic heterocycles. The summed E-state index contributed by atoms with van der Waals surface area (Å²) in [6.45, 7) is 2.75. The van der Waals surface area contributed by atoms with Crippen molar-refractivity contribution in [3.63, 3.8) is 0 Å². The zero-order valence-corrected chi connectivity index (χ0v) is 10.2. The Kier molecular flexibility index (Phi) is 3.26. The number of carbonyl (C=O) groups is 2. The Hall–Kier alpha value is -1.26. The van der Waals surface area contributed by atoms with E-state index in [0.29, 0.717) is 12.8 Å². The zero-order valence-electron chi connectivity index (χ0n) is 10.2. The molecule has 1 saturated carbocycles. The topological polar surface area (TPSA) is 69.6 Å². The van der Waals surface area contributed by atoms with E-state index in [4.69, 9.17) is 0 Å². The Labute approximate surface area is 101 Å². The molecule has 1 unspecified atom stereocenters. The molecule has 1 aliphatic carbocycles. The van der Waals surface area contributed by atoms with Crippen LogP contribution in [0.15, 0.2) is 0 Å². The fraction of sp³-hybridized carbons (Fsp3) is 0.833. The van der Waals surface area contributed by atoms with Gasteiger partial charge in [-0.2, -0.15) is 0 Å². The molecule has 0 aromatic carbocycles. The van der Waals surface area contributed by atoms with Gasteiger partial charge in [0, 0.05) is 12.6 Å². The lowest BCUT2D eigenvalue weighted by Gasteiger charge is -2.30. The van der Waals surface area contributed by atoms with Crippen LogP contribution in [0.4, 0.5) is 4.79 Å². The smallest absolute Gasteiger partial charge is 0.329 e. The molecule has 2 fully saturated rings. The number of carboxylic acid groups (broad SMARTS) is 1. The molecule has 2 N–H and O–H groups in total. The second-order valence-electron chi connectivity index (χ2n) is 5.21. The lowest BCUT2D eigenvalue weighted by molar-refractivity contribution is -0.144. The molecular formula is C12H20N2O3. The number of aliphatic carboxylic acids is 1. The summed E-state index contributed by atoms with van der Waals surface area (Å²) in [5.74, 6) is -0.893. The summed E-state index contributed by atoms with van der Waals surface area (Å²) in [6, 6.07) is 0.0153. The van der Waals surface area contributed by atoms with Crippen LogP contribution in [0.3, 0.4) is 0 Å². The van der Waals surface area contributed by atoms with Gasteiger partial charge in [0.15, 0.2) is 0 Å². The minimum absolute atomic E-state index is 0.209. The molecule has 0 radical (unpaired) electrons. The monoisotopic (exact) mass is 240 g/mol. The molecule has 1 heterocycles. The third-order valence-electron chi connectivity index (χ3n) is 4.03. The maximum atomic E-state index is 12.1. The first-order chi connectivity index (χ1) is 8.05. The Bertz CT molecular complexity index is 324. The number of nitrogens with one attached hydrogen (secondary N) is 1. The minimum atomic E-state index is -1.01. The van der Waals surface area contributed by atoms with Gasteiger partial charge in [-0.15, -0.1) is 0 Å². The van der Waals surface area contributed by atoms with E-state index >= 15 is 0 Å². The minimum Gasteiger partial charge on any atom is -0.480 e. The molecule has 0 aromatic heterocycles. The molecule has 0 spiro atoms. The molecule has 0 bridgehead atoms. The lowest BCUT2D eigenvalue weighted by Crippen LogP contribution is -2.56. The van der Waals surface area contributed by atoms with Crippen molar-refractivity contribution in [2.24, 2.45) is 0 Å². The molecule has 1 atom stereocenters. The van der Waals surface area contributed by atoms with Crippen molar-refractivity contribution in [1.29, 1.82) is 0 Å². The highest BCUT2D eigenvalue weighted by Gasteiger charge is 2.44. The average molecular weight is 240 g/mol. The van der Waals surface area contributed by atoms with Gasteiger partial charge in [-0.3, -0.25) is 0 Å². The molecule has 5 nitrogen and oxygen atoms in total. The summed E-state index contributed by atoms with van der Waals surface area (Å²) >= 11 is 0. The Morgan fingerprint density at radius 1 is 1.29 bits per heavy atom. The van der Waals surface area contributed by atoms with Crippen LogP contribution >= 0.6 is 0 Å². The van der Waals surface area contributed by atoms with E-state index in [2.05, 4.69) is 5.32 Å². The van der Waals surface area contributed by atoms with Crippen molar-refractivity contribution in [2.45, 2.75) is 57.0 Å². The van der Waals surface area contributed by atoms with Crippen molar-refractivity contribution < 1.29 is 14.7 Å². The number of likely N-dealkylation sites (tertiary alicyclic amines) is 1. The molecule has 2 rings (SSSR count). The van der Waals surface area contributed by atoms with Crippen LogP contribution in [-0.4, -0.2) is 40.1 Å². The molecular weight excluding hydrogens is 220 g/mol. The van der Waals surface area contributed by atoms with Crippen LogP contribution in [0, 0.1) is 0 Å². The van der Waals surface area contributed by atoms with Gasteiger partial charge in [0.05, 0.1) is 0 Å². The summed E-state index contributed by atoms with van der Waals surface area (Å²) in [7, 11) is 0. The first kappa shape index (κ1) is 12.2. The predicted molar refractivity (Wildman–Crippen MR) is 62.8 cm³/mol. The number of carboxylic acids is 1. The summed E-state index contributed by atoms with van der Waals surface area (Å²) in [6.07, 6.45) is 4.87. The van der Waals surface area contributed by atoms with Crippen LogP contribution < -0.4 is 5.32 Å².